The predicted octanol–water partition coefficient (Wildman–Crippen LogP) is 3.51. The van der Waals surface area contributed by atoms with Crippen LogP contribution in [0.3, 0.4) is 0 Å². The van der Waals surface area contributed by atoms with Crippen LogP contribution in [0.15, 0.2) is 67.1 Å². The van der Waals surface area contributed by atoms with Crippen LogP contribution in [0, 0.1) is 0 Å². The summed E-state index contributed by atoms with van der Waals surface area (Å²) < 4.78 is 0. The van der Waals surface area contributed by atoms with Gasteiger partial charge in [0.05, 0.1) is 5.52 Å². The largest absolute Gasteiger partial charge is 0.256 e. The molecule has 0 N–H and O–H groups in total. The highest BCUT2D eigenvalue weighted by Crippen LogP contribution is 2.31. The molecule has 2 heterocycles. The van der Waals surface area contributed by atoms with Crippen molar-refractivity contribution in [2.75, 3.05) is 0 Å². The SMILES string of the molecule is Clc1cccc(C(c2ccnc3ccccc23)n2ncnn2)c1. The van der Waals surface area contributed by atoms with Crippen molar-refractivity contribution in [3.8, 4) is 0 Å². The molecular formula is C17H12ClN5. The lowest BCUT2D eigenvalue weighted by molar-refractivity contribution is 0.507. The number of tetrazole rings is 1. The van der Waals surface area contributed by atoms with Crippen LogP contribution in [0.5, 0.6) is 0 Å². The van der Waals surface area contributed by atoms with Gasteiger partial charge in [0.15, 0.2) is 6.33 Å². The smallest absolute Gasteiger partial charge is 0.162 e. The molecule has 0 aliphatic rings. The van der Waals surface area contributed by atoms with Gasteiger partial charge in [0.1, 0.15) is 6.04 Å². The molecule has 0 amide bonds. The Balaban J connectivity index is 1.98. The summed E-state index contributed by atoms with van der Waals surface area (Å²) in [5.41, 5.74) is 2.97. The molecule has 1 unspecified atom stereocenters. The van der Waals surface area contributed by atoms with Crippen molar-refractivity contribution in [1.29, 1.82) is 0 Å². The van der Waals surface area contributed by atoms with Gasteiger partial charge in [-0.1, -0.05) is 41.9 Å². The summed E-state index contributed by atoms with van der Waals surface area (Å²) in [5.74, 6) is 0. The van der Waals surface area contributed by atoms with E-state index in [1.54, 1.807) is 11.0 Å². The minimum atomic E-state index is -0.218. The first-order valence-corrected chi connectivity index (χ1v) is 7.52. The molecule has 5 nitrogen and oxygen atoms in total. The Hall–Kier alpha value is -2.79. The van der Waals surface area contributed by atoms with Crippen LogP contribution in [0.1, 0.15) is 17.2 Å². The molecule has 0 saturated carbocycles. The summed E-state index contributed by atoms with van der Waals surface area (Å²) in [7, 11) is 0. The van der Waals surface area contributed by atoms with Crippen LogP contribution in [-0.2, 0) is 0 Å². The molecule has 0 spiro atoms. The summed E-state index contributed by atoms with van der Waals surface area (Å²) in [6.07, 6.45) is 3.23. The Morgan fingerprint density at radius 2 is 1.91 bits per heavy atom. The monoisotopic (exact) mass is 321 g/mol. The molecule has 1 atom stereocenters. The Morgan fingerprint density at radius 1 is 1.00 bits per heavy atom. The van der Waals surface area contributed by atoms with E-state index in [1.807, 2.05) is 54.6 Å². The third kappa shape index (κ3) is 2.55. The second-order valence-corrected chi connectivity index (χ2v) is 5.57. The van der Waals surface area contributed by atoms with E-state index in [0.29, 0.717) is 5.02 Å². The topological polar surface area (TPSA) is 56.5 Å². The summed E-state index contributed by atoms with van der Waals surface area (Å²) in [6, 6.07) is 17.5. The molecule has 2 aromatic heterocycles. The van der Waals surface area contributed by atoms with Gasteiger partial charge >= 0.3 is 0 Å². The molecule has 6 heteroatoms. The number of para-hydroxylation sites is 1. The van der Waals surface area contributed by atoms with Crippen LogP contribution in [0.25, 0.3) is 10.9 Å². The fraction of sp³-hybridized carbons (Fsp3) is 0.0588. The third-order valence-corrected chi connectivity index (χ3v) is 3.97. The van der Waals surface area contributed by atoms with Crippen LogP contribution < -0.4 is 0 Å². The number of nitrogens with zero attached hydrogens (tertiary/aromatic N) is 5. The summed E-state index contributed by atoms with van der Waals surface area (Å²) in [4.78, 5) is 6.02. The average Bonchev–Trinajstić information content (AvgIpc) is 3.10. The highest BCUT2D eigenvalue weighted by Gasteiger charge is 2.21. The van der Waals surface area contributed by atoms with Gasteiger partial charge in [-0.25, -0.2) is 0 Å². The molecule has 0 aliphatic carbocycles. The minimum Gasteiger partial charge on any atom is -0.256 e. The van der Waals surface area contributed by atoms with Crippen molar-refractivity contribution in [1.82, 2.24) is 25.2 Å². The molecule has 0 fully saturated rings. The normalized spacial score (nSPS) is 12.4. The van der Waals surface area contributed by atoms with E-state index < -0.39 is 0 Å². The van der Waals surface area contributed by atoms with E-state index in [2.05, 4.69) is 20.4 Å². The molecule has 0 saturated heterocycles. The number of pyridine rings is 1. The van der Waals surface area contributed by atoms with Crippen molar-refractivity contribution in [2.24, 2.45) is 0 Å². The Bertz CT molecular complexity index is 947. The van der Waals surface area contributed by atoms with E-state index in [-0.39, 0.29) is 6.04 Å². The van der Waals surface area contributed by atoms with Gasteiger partial charge in [-0.2, -0.15) is 4.80 Å². The van der Waals surface area contributed by atoms with Crippen molar-refractivity contribution < 1.29 is 0 Å². The first kappa shape index (κ1) is 13.8. The summed E-state index contributed by atoms with van der Waals surface area (Å²) in [6.45, 7) is 0. The number of hydrogen-bond acceptors (Lipinski definition) is 4. The van der Waals surface area contributed by atoms with Crippen molar-refractivity contribution in [3.05, 3.63) is 83.3 Å². The molecule has 2 aromatic carbocycles. The predicted molar refractivity (Wildman–Crippen MR) is 88.3 cm³/mol. The first-order chi connectivity index (χ1) is 11.3. The number of hydrogen-bond donors (Lipinski definition) is 0. The quantitative estimate of drug-likeness (QED) is 0.579. The Kier molecular flexibility index (Phi) is 3.48. The van der Waals surface area contributed by atoms with Gasteiger partial charge in [0.2, 0.25) is 0 Å². The number of benzene rings is 2. The second-order valence-electron chi connectivity index (χ2n) is 5.13. The van der Waals surface area contributed by atoms with Gasteiger partial charge in [-0.3, -0.25) is 4.98 Å². The molecule has 0 radical (unpaired) electrons. The van der Waals surface area contributed by atoms with Gasteiger partial charge < -0.3 is 0 Å². The van der Waals surface area contributed by atoms with Gasteiger partial charge in [-0.15, -0.1) is 10.2 Å². The molecule has 4 rings (SSSR count). The number of aromatic nitrogens is 5. The fourth-order valence-electron chi connectivity index (χ4n) is 2.76. The molecule has 112 valence electrons. The summed E-state index contributed by atoms with van der Waals surface area (Å²) >= 11 is 6.18. The number of halogens is 1. The van der Waals surface area contributed by atoms with Gasteiger partial charge in [-0.05, 0) is 40.6 Å². The van der Waals surface area contributed by atoms with Crippen LogP contribution in [0.2, 0.25) is 5.02 Å². The van der Waals surface area contributed by atoms with Crippen LogP contribution >= 0.6 is 11.6 Å². The zero-order chi connectivity index (χ0) is 15.6. The summed E-state index contributed by atoms with van der Waals surface area (Å²) in [5, 5.41) is 13.9. The third-order valence-electron chi connectivity index (χ3n) is 3.74. The van der Waals surface area contributed by atoms with E-state index in [1.165, 1.54) is 6.33 Å². The lowest BCUT2D eigenvalue weighted by Crippen LogP contribution is -2.16. The van der Waals surface area contributed by atoms with E-state index in [0.717, 1.165) is 22.0 Å². The highest BCUT2D eigenvalue weighted by atomic mass is 35.5. The maximum Gasteiger partial charge on any atom is 0.162 e. The highest BCUT2D eigenvalue weighted by molar-refractivity contribution is 6.30. The lowest BCUT2D eigenvalue weighted by atomic mass is 9.96. The molecule has 4 aromatic rings. The van der Waals surface area contributed by atoms with Crippen molar-refractivity contribution in [2.45, 2.75) is 6.04 Å². The van der Waals surface area contributed by atoms with E-state index in [4.69, 9.17) is 11.6 Å². The van der Waals surface area contributed by atoms with E-state index >= 15 is 0 Å². The molecule has 0 bridgehead atoms. The first-order valence-electron chi connectivity index (χ1n) is 7.14. The molecular weight excluding hydrogens is 310 g/mol. The number of fused-ring (bicyclic) bond motifs is 1. The van der Waals surface area contributed by atoms with Crippen molar-refractivity contribution >= 4 is 22.5 Å². The molecule has 23 heavy (non-hydrogen) atoms. The molecule has 0 aliphatic heterocycles. The Morgan fingerprint density at radius 3 is 2.74 bits per heavy atom. The average molecular weight is 322 g/mol. The van der Waals surface area contributed by atoms with Gasteiger partial charge in [0, 0.05) is 16.6 Å². The van der Waals surface area contributed by atoms with Gasteiger partial charge in [0.25, 0.3) is 0 Å². The van der Waals surface area contributed by atoms with E-state index in [9.17, 15) is 0 Å². The van der Waals surface area contributed by atoms with Crippen molar-refractivity contribution in [3.63, 3.8) is 0 Å². The lowest BCUT2D eigenvalue weighted by Gasteiger charge is -2.18. The zero-order valence-electron chi connectivity index (χ0n) is 12.0. The number of rotatable bonds is 3. The maximum absolute atomic E-state index is 6.18. The standard InChI is InChI=1S/C17H12ClN5/c18-13-5-3-4-12(10-13)17(23-21-11-20-22-23)15-8-9-19-16-7-2-1-6-14(15)16/h1-11,17H. The zero-order valence-corrected chi connectivity index (χ0v) is 12.8. The minimum absolute atomic E-state index is 0.218. The Labute approximate surface area is 137 Å². The van der Waals surface area contributed by atoms with Crippen LogP contribution in [-0.4, -0.2) is 25.2 Å². The maximum atomic E-state index is 6.18. The fourth-order valence-corrected chi connectivity index (χ4v) is 2.96. The second kappa shape index (κ2) is 5.78. The van der Waals surface area contributed by atoms with Crippen LogP contribution in [0.4, 0.5) is 0 Å².